The fourth-order valence-electron chi connectivity index (χ4n) is 1.53. The lowest BCUT2D eigenvalue weighted by Gasteiger charge is -2.18. The van der Waals surface area contributed by atoms with Crippen LogP contribution in [0.3, 0.4) is 0 Å². The highest BCUT2D eigenvalue weighted by Crippen LogP contribution is 2.18. The van der Waals surface area contributed by atoms with Crippen molar-refractivity contribution >= 4 is 5.71 Å². The van der Waals surface area contributed by atoms with E-state index in [4.69, 9.17) is 0 Å². The Morgan fingerprint density at radius 2 is 2.09 bits per heavy atom. The minimum atomic E-state index is 0.744. The Hall–Kier alpha value is -0.630. The van der Waals surface area contributed by atoms with E-state index in [0.29, 0.717) is 0 Å². The summed E-state index contributed by atoms with van der Waals surface area (Å²) in [5.74, 6) is 0. The van der Waals surface area contributed by atoms with Crippen molar-refractivity contribution in [1.82, 2.24) is 0 Å². The van der Waals surface area contributed by atoms with E-state index in [1.807, 2.05) is 0 Å². The van der Waals surface area contributed by atoms with Gasteiger partial charge in [0.15, 0.2) is 0 Å². The molecule has 1 aliphatic rings. The summed E-state index contributed by atoms with van der Waals surface area (Å²) >= 11 is 0. The summed E-state index contributed by atoms with van der Waals surface area (Å²) in [6, 6.07) is 0. The summed E-state index contributed by atoms with van der Waals surface area (Å²) in [7, 11) is 2.14. The molecule has 0 saturated carbocycles. The van der Waals surface area contributed by atoms with E-state index in [1.54, 1.807) is 0 Å². The fraction of sp³-hybridized carbons (Fsp3) is 0.667. The number of allylic oxidation sites excluding steroid dienone is 1. The van der Waals surface area contributed by atoms with Gasteiger partial charge in [0.25, 0.3) is 0 Å². The highest BCUT2D eigenvalue weighted by atomic mass is 15.6. The van der Waals surface area contributed by atoms with Gasteiger partial charge in [-0.3, -0.25) is 0 Å². The molecule has 0 bridgehead atoms. The van der Waals surface area contributed by atoms with Gasteiger partial charge in [0.1, 0.15) is 18.5 Å². The summed E-state index contributed by atoms with van der Waals surface area (Å²) in [5.41, 5.74) is 2.50. The standard InChI is InChI=1S/C9H17N2/c1-5-6-11(4)7-8(2)9(3)10-11/h7H,5-6H2,1-4H3/q+1. The molecule has 62 valence electrons. The summed E-state index contributed by atoms with van der Waals surface area (Å²) in [4.78, 5) is 0. The molecule has 1 heterocycles. The van der Waals surface area contributed by atoms with Crippen molar-refractivity contribution in [3.05, 3.63) is 11.8 Å². The van der Waals surface area contributed by atoms with Gasteiger partial charge in [-0.25, -0.2) is 0 Å². The zero-order valence-electron chi connectivity index (χ0n) is 7.89. The van der Waals surface area contributed by atoms with E-state index in [2.05, 4.69) is 39.1 Å². The first kappa shape index (κ1) is 8.47. The van der Waals surface area contributed by atoms with Gasteiger partial charge in [-0.2, -0.15) is 4.59 Å². The Morgan fingerprint density at radius 3 is 2.45 bits per heavy atom. The quantitative estimate of drug-likeness (QED) is 0.539. The Kier molecular flexibility index (Phi) is 2.14. The maximum Gasteiger partial charge on any atom is 0.127 e. The second-order valence-corrected chi connectivity index (χ2v) is 3.44. The van der Waals surface area contributed by atoms with Crippen LogP contribution in [0.15, 0.2) is 16.9 Å². The van der Waals surface area contributed by atoms with Gasteiger partial charge in [0, 0.05) is 5.57 Å². The molecule has 0 N–H and O–H groups in total. The van der Waals surface area contributed by atoms with Gasteiger partial charge < -0.3 is 0 Å². The second kappa shape index (κ2) is 2.78. The molecule has 0 aliphatic carbocycles. The third-order valence-corrected chi connectivity index (χ3v) is 2.10. The van der Waals surface area contributed by atoms with Crippen LogP contribution >= 0.6 is 0 Å². The van der Waals surface area contributed by atoms with E-state index >= 15 is 0 Å². The predicted octanol–water partition coefficient (Wildman–Crippen LogP) is 2.14. The van der Waals surface area contributed by atoms with Crippen LogP contribution in [0.1, 0.15) is 27.2 Å². The van der Waals surface area contributed by atoms with Crippen molar-refractivity contribution in [2.24, 2.45) is 5.10 Å². The molecule has 11 heavy (non-hydrogen) atoms. The molecule has 1 aliphatic heterocycles. The molecule has 0 radical (unpaired) electrons. The van der Waals surface area contributed by atoms with Crippen LogP contribution in [-0.4, -0.2) is 23.9 Å². The Labute approximate surface area is 68.8 Å². The number of hydrogen-bond acceptors (Lipinski definition) is 1. The van der Waals surface area contributed by atoms with Crippen molar-refractivity contribution in [3.8, 4) is 0 Å². The van der Waals surface area contributed by atoms with Crippen molar-refractivity contribution in [2.75, 3.05) is 13.6 Å². The first-order valence-electron chi connectivity index (χ1n) is 4.19. The molecule has 0 aromatic rings. The molecule has 0 spiro atoms. The molecule has 0 aromatic heterocycles. The molecule has 1 rings (SSSR count). The first-order chi connectivity index (χ1) is 5.07. The summed E-state index contributed by atoms with van der Waals surface area (Å²) in [6.07, 6.45) is 3.40. The number of quaternary nitrogens is 1. The van der Waals surface area contributed by atoms with Crippen LogP contribution < -0.4 is 0 Å². The zero-order chi connectivity index (χ0) is 8.48. The number of nitrogens with zero attached hydrogens (tertiary/aromatic N) is 2. The van der Waals surface area contributed by atoms with Gasteiger partial charge in [0.2, 0.25) is 0 Å². The molecule has 0 fully saturated rings. The van der Waals surface area contributed by atoms with Crippen LogP contribution in [0.5, 0.6) is 0 Å². The van der Waals surface area contributed by atoms with E-state index in [-0.39, 0.29) is 0 Å². The second-order valence-electron chi connectivity index (χ2n) is 3.44. The molecular weight excluding hydrogens is 136 g/mol. The Balaban J connectivity index is 2.78. The lowest BCUT2D eigenvalue weighted by Crippen LogP contribution is -2.31. The summed E-state index contributed by atoms with van der Waals surface area (Å²) in [5, 5.41) is 4.55. The molecule has 1 atom stereocenters. The molecule has 0 saturated heterocycles. The number of rotatable bonds is 2. The lowest BCUT2D eigenvalue weighted by atomic mass is 10.2. The number of hydrogen-bond donors (Lipinski definition) is 0. The summed E-state index contributed by atoms with van der Waals surface area (Å²) < 4.78 is 0.744. The maximum absolute atomic E-state index is 4.55. The van der Waals surface area contributed by atoms with Crippen LogP contribution in [0, 0.1) is 0 Å². The van der Waals surface area contributed by atoms with Crippen molar-refractivity contribution < 1.29 is 4.59 Å². The highest BCUT2D eigenvalue weighted by Gasteiger charge is 2.24. The van der Waals surface area contributed by atoms with Crippen LogP contribution in [0.4, 0.5) is 0 Å². The van der Waals surface area contributed by atoms with Gasteiger partial charge in [-0.15, -0.1) is 0 Å². The van der Waals surface area contributed by atoms with Gasteiger partial charge >= 0.3 is 0 Å². The first-order valence-corrected chi connectivity index (χ1v) is 4.19. The monoisotopic (exact) mass is 153 g/mol. The predicted molar refractivity (Wildman–Crippen MR) is 48.2 cm³/mol. The van der Waals surface area contributed by atoms with E-state index < -0.39 is 0 Å². The molecule has 2 heteroatoms. The smallest absolute Gasteiger partial charge is 0.127 e. The van der Waals surface area contributed by atoms with Crippen molar-refractivity contribution in [3.63, 3.8) is 0 Å². The van der Waals surface area contributed by atoms with E-state index in [9.17, 15) is 0 Å². The Morgan fingerprint density at radius 1 is 1.45 bits per heavy atom. The van der Waals surface area contributed by atoms with Crippen LogP contribution in [0.25, 0.3) is 0 Å². The molecule has 2 nitrogen and oxygen atoms in total. The Bertz CT molecular complexity index is 196. The third-order valence-electron chi connectivity index (χ3n) is 2.10. The average Bonchev–Trinajstić information content (AvgIpc) is 2.08. The average molecular weight is 153 g/mol. The van der Waals surface area contributed by atoms with Crippen LogP contribution in [0.2, 0.25) is 0 Å². The van der Waals surface area contributed by atoms with E-state index in [0.717, 1.165) is 11.1 Å². The molecule has 0 amide bonds. The summed E-state index contributed by atoms with van der Waals surface area (Å²) in [6.45, 7) is 7.49. The minimum absolute atomic E-state index is 0.744. The van der Waals surface area contributed by atoms with Crippen molar-refractivity contribution in [2.45, 2.75) is 27.2 Å². The largest absolute Gasteiger partial charge is 0.174 e. The SMILES string of the molecule is CCC[N+]1(C)C=C(C)C(C)=N1. The molecular formula is C9H17N2+. The zero-order valence-corrected chi connectivity index (χ0v) is 7.89. The minimum Gasteiger partial charge on any atom is -0.174 e. The van der Waals surface area contributed by atoms with Gasteiger partial charge in [-0.1, -0.05) is 12.0 Å². The van der Waals surface area contributed by atoms with Crippen LogP contribution in [-0.2, 0) is 0 Å². The van der Waals surface area contributed by atoms with Gasteiger partial charge in [0.05, 0.1) is 7.05 Å². The lowest BCUT2D eigenvalue weighted by molar-refractivity contribution is -0.864. The van der Waals surface area contributed by atoms with E-state index in [1.165, 1.54) is 17.7 Å². The maximum atomic E-state index is 4.55. The third kappa shape index (κ3) is 1.69. The highest BCUT2D eigenvalue weighted by molar-refractivity contribution is 5.97. The molecule has 1 unspecified atom stereocenters. The molecule has 0 aromatic carbocycles. The normalized spacial score (nSPS) is 30.2. The van der Waals surface area contributed by atoms with Gasteiger partial charge in [-0.05, 0) is 20.3 Å². The topological polar surface area (TPSA) is 12.4 Å². The van der Waals surface area contributed by atoms with Crippen molar-refractivity contribution in [1.29, 1.82) is 0 Å². The fourth-order valence-corrected chi connectivity index (χ4v) is 1.53.